The summed E-state index contributed by atoms with van der Waals surface area (Å²) in [5.74, 6) is -2.57. The van der Waals surface area contributed by atoms with Crippen molar-refractivity contribution < 1.29 is 32.2 Å². The molecule has 0 unspecified atom stereocenters. The molecule has 0 fully saturated rings. The molecule has 3 rings (SSSR count). The van der Waals surface area contributed by atoms with Crippen molar-refractivity contribution in [1.82, 2.24) is 9.78 Å². The Bertz CT molecular complexity index is 1010. The second-order valence-electron chi connectivity index (χ2n) is 5.54. The molecule has 0 radical (unpaired) electrons. The molecule has 0 N–H and O–H groups in total. The Morgan fingerprint density at radius 2 is 1.61 bits per heavy atom. The molecule has 0 aliphatic rings. The van der Waals surface area contributed by atoms with Gasteiger partial charge >= 0.3 is 18.1 Å². The van der Waals surface area contributed by atoms with Crippen LogP contribution in [-0.4, -0.2) is 28.8 Å². The SMILES string of the molecule is COC(=O)c1cc(C(=O)Oc2ccccc2C(F)(F)F)n(-c2ccccc2)n1. The Kier molecular flexibility index (Phi) is 5.16. The quantitative estimate of drug-likeness (QED) is 0.499. The van der Waals surface area contributed by atoms with Crippen molar-refractivity contribution in [3.8, 4) is 11.4 Å². The van der Waals surface area contributed by atoms with Crippen molar-refractivity contribution in [3.63, 3.8) is 0 Å². The normalized spacial score (nSPS) is 11.1. The van der Waals surface area contributed by atoms with Crippen LogP contribution in [0.1, 0.15) is 26.5 Å². The number of carbonyl (C=O) groups is 2. The molecule has 0 bridgehead atoms. The highest BCUT2D eigenvalue weighted by atomic mass is 19.4. The van der Waals surface area contributed by atoms with Crippen molar-refractivity contribution in [3.05, 3.63) is 77.6 Å². The van der Waals surface area contributed by atoms with Crippen LogP contribution in [0.4, 0.5) is 13.2 Å². The monoisotopic (exact) mass is 390 g/mol. The number of nitrogens with zero attached hydrogens (tertiary/aromatic N) is 2. The lowest BCUT2D eigenvalue weighted by Crippen LogP contribution is -2.17. The average molecular weight is 390 g/mol. The lowest BCUT2D eigenvalue weighted by Gasteiger charge is -2.13. The van der Waals surface area contributed by atoms with Crippen molar-refractivity contribution >= 4 is 11.9 Å². The highest BCUT2D eigenvalue weighted by Crippen LogP contribution is 2.36. The first-order chi connectivity index (χ1) is 13.3. The van der Waals surface area contributed by atoms with Gasteiger partial charge in [-0.1, -0.05) is 30.3 Å². The van der Waals surface area contributed by atoms with Gasteiger partial charge in [-0.25, -0.2) is 14.3 Å². The summed E-state index contributed by atoms with van der Waals surface area (Å²) in [5.41, 5.74) is -1.11. The number of alkyl halides is 3. The molecule has 0 saturated heterocycles. The Morgan fingerprint density at radius 1 is 0.964 bits per heavy atom. The van der Waals surface area contributed by atoms with Crippen LogP contribution in [0.5, 0.6) is 5.75 Å². The van der Waals surface area contributed by atoms with Crippen molar-refractivity contribution in [2.75, 3.05) is 7.11 Å². The predicted molar refractivity (Wildman–Crippen MR) is 91.3 cm³/mol. The highest BCUT2D eigenvalue weighted by molar-refractivity contribution is 5.94. The van der Waals surface area contributed by atoms with Gasteiger partial charge in [-0.05, 0) is 24.3 Å². The van der Waals surface area contributed by atoms with E-state index < -0.39 is 29.4 Å². The molecule has 0 saturated carbocycles. The van der Waals surface area contributed by atoms with Gasteiger partial charge in [0.25, 0.3) is 0 Å². The van der Waals surface area contributed by atoms with Crippen LogP contribution >= 0.6 is 0 Å². The summed E-state index contributed by atoms with van der Waals surface area (Å²) in [5, 5.41) is 4.00. The number of hydrogen-bond donors (Lipinski definition) is 0. The molecule has 0 amide bonds. The zero-order chi connectivity index (χ0) is 20.3. The van der Waals surface area contributed by atoms with Crippen LogP contribution < -0.4 is 4.74 Å². The Hall–Kier alpha value is -3.62. The van der Waals surface area contributed by atoms with Crippen molar-refractivity contribution in [2.24, 2.45) is 0 Å². The van der Waals surface area contributed by atoms with Crippen LogP contribution in [0.25, 0.3) is 5.69 Å². The number of esters is 2. The van der Waals surface area contributed by atoms with E-state index in [0.717, 1.165) is 30.0 Å². The second kappa shape index (κ2) is 7.55. The van der Waals surface area contributed by atoms with Gasteiger partial charge in [-0.3, -0.25) is 0 Å². The number of benzene rings is 2. The van der Waals surface area contributed by atoms with E-state index in [0.29, 0.717) is 5.69 Å². The van der Waals surface area contributed by atoms with E-state index in [1.165, 1.54) is 12.1 Å². The average Bonchev–Trinajstić information content (AvgIpc) is 3.13. The van der Waals surface area contributed by atoms with Crippen LogP contribution in [0, 0.1) is 0 Å². The van der Waals surface area contributed by atoms with E-state index in [1.54, 1.807) is 30.3 Å². The van der Waals surface area contributed by atoms with E-state index in [2.05, 4.69) is 9.84 Å². The third kappa shape index (κ3) is 3.88. The predicted octanol–water partition coefficient (Wildman–Crippen LogP) is 3.90. The first-order valence-electron chi connectivity index (χ1n) is 7.93. The summed E-state index contributed by atoms with van der Waals surface area (Å²) in [6.07, 6.45) is -4.70. The fourth-order valence-corrected chi connectivity index (χ4v) is 2.44. The largest absolute Gasteiger partial charge is 0.464 e. The van der Waals surface area contributed by atoms with E-state index >= 15 is 0 Å². The van der Waals surface area contributed by atoms with Crippen LogP contribution in [0.15, 0.2) is 60.7 Å². The van der Waals surface area contributed by atoms with Gasteiger partial charge < -0.3 is 9.47 Å². The van der Waals surface area contributed by atoms with Crippen LogP contribution in [-0.2, 0) is 10.9 Å². The number of halogens is 3. The molecule has 1 aromatic heterocycles. The molecule has 9 heteroatoms. The summed E-state index contributed by atoms with van der Waals surface area (Å²) >= 11 is 0. The number of aromatic nitrogens is 2. The third-order valence-corrected chi connectivity index (χ3v) is 3.71. The Balaban J connectivity index is 2.03. The third-order valence-electron chi connectivity index (χ3n) is 3.71. The van der Waals surface area contributed by atoms with Gasteiger partial charge in [0.15, 0.2) is 11.4 Å². The standard InChI is InChI=1S/C19H13F3N2O4/c1-27-17(25)14-11-15(24(23-14)12-7-3-2-4-8-12)18(26)28-16-10-6-5-9-13(16)19(20,21)22/h2-11H,1H3. The number of carbonyl (C=O) groups excluding carboxylic acids is 2. The van der Waals surface area contributed by atoms with Crippen LogP contribution in [0.2, 0.25) is 0 Å². The zero-order valence-electron chi connectivity index (χ0n) is 14.4. The number of para-hydroxylation sites is 2. The molecule has 0 spiro atoms. The van der Waals surface area contributed by atoms with E-state index in [9.17, 15) is 22.8 Å². The lowest BCUT2D eigenvalue weighted by molar-refractivity contribution is -0.138. The number of hydrogen-bond acceptors (Lipinski definition) is 5. The fraction of sp³-hybridized carbons (Fsp3) is 0.105. The molecule has 0 aliphatic heterocycles. The molecule has 6 nitrogen and oxygen atoms in total. The molecular formula is C19H13F3N2O4. The summed E-state index contributed by atoms with van der Waals surface area (Å²) < 4.78 is 50.1. The van der Waals surface area contributed by atoms with Crippen molar-refractivity contribution in [2.45, 2.75) is 6.18 Å². The summed E-state index contributed by atoms with van der Waals surface area (Å²) in [6, 6.07) is 13.7. The Morgan fingerprint density at radius 3 is 2.25 bits per heavy atom. The minimum absolute atomic E-state index is 0.192. The van der Waals surface area contributed by atoms with Gasteiger partial charge in [0, 0.05) is 6.07 Å². The topological polar surface area (TPSA) is 70.4 Å². The number of methoxy groups -OCH3 is 1. The lowest BCUT2D eigenvalue weighted by atomic mass is 10.2. The molecule has 28 heavy (non-hydrogen) atoms. The van der Waals surface area contributed by atoms with Crippen LogP contribution in [0.3, 0.4) is 0 Å². The zero-order valence-corrected chi connectivity index (χ0v) is 14.4. The smallest absolute Gasteiger partial charge is 0.419 e. The second-order valence-corrected chi connectivity index (χ2v) is 5.54. The molecule has 1 heterocycles. The molecule has 0 atom stereocenters. The van der Waals surface area contributed by atoms with Gasteiger partial charge in [0.2, 0.25) is 0 Å². The maximum Gasteiger partial charge on any atom is 0.419 e. The first-order valence-corrected chi connectivity index (χ1v) is 7.93. The maximum atomic E-state index is 13.1. The molecule has 0 aliphatic carbocycles. The van der Waals surface area contributed by atoms with E-state index in [1.807, 2.05) is 0 Å². The minimum Gasteiger partial charge on any atom is -0.464 e. The van der Waals surface area contributed by atoms with Crippen molar-refractivity contribution in [1.29, 1.82) is 0 Å². The van der Waals surface area contributed by atoms with E-state index in [4.69, 9.17) is 4.74 Å². The molecular weight excluding hydrogens is 377 g/mol. The molecule has 3 aromatic rings. The summed E-state index contributed by atoms with van der Waals surface area (Å²) in [4.78, 5) is 24.4. The number of rotatable bonds is 4. The van der Waals surface area contributed by atoms with Gasteiger partial charge in [0.05, 0.1) is 18.4 Å². The number of ether oxygens (including phenoxy) is 2. The highest BCUT2D eigenvalue weighted by Gasteiger charge is 2.35. The van der Waals surface area contributed by atoms with Gasteiger partial charge in [0.1, 0.15) is 5.75 Å². The van der Waals surface area contributed by atoms with Gasteiger partial charge in [-0.2, -0.15) is 18.3 Å². The molecule has 144 valence electrons. The maximum absolute atomic E-state index is 13.1. The fourth-order valence-electron chi connectivity index (χ4n) is 2.44. The Labute approximate surface area is 157 Å². The van der Waals surface area contributed by atoms with E-state index in [-0.39, 0.29) is 11.4 Å². The first kappa shape index (κ1) is 19.2. The summed E-state index contributed by atoms with van der Waals surface area (Å²) in [7, 11) is 1.14. The van der Waals surface area contributed by atoms with Gasteiger partial charge in [-0.15, -0.1) is 0 Å². The molecule has 2 aromatic carbocycles. The minimum atomic E-state index is -4.70. The summed E-state index contributed by atoms with van der Waals surface area (Å²) in [6.45, 7) is 0.